The van der Waals surface area contributed by atoms with E-state index in [9.17, 15) is 4.79 Å². The molecule has 4 nitrogen and oxygen atoms in total. The van der Waals surface area contributed by atoms with Crippen LogP contribution in [0.25, 0.3) is 17.1 Å². The highest BCUT2D eigenvalue weighted by Gasteiger charge is 1.95. The monoisotopic (exact) mass is 214 g/mol. The molecule has 2 aromatic rings. The fraction of sp³-hybridized carbons (Fsp3) is 0.0833. The van der Waals surface area contributed by atoms with Crippen molar-refractivity contribution in [3.63, 3.8) is 0 Å². The largest absolute Gasteiger partial charge is 0.481 e. The molecule has 1 aromatic carbocycles. The Morgan fingerprint density at radius 3 is 2.75 bits per heavy atom. The molecular weight excluding hydrogens is 204 g/mol. The summed E-state index contributed by atoms with van der Waals surface area (Å²) in [7, 11) is 0. The Bertz CT molecular complexity index is 549. The zero-order valence-corrected chi connectivity index (χ0v) is 8.50. The van der Waals surface area contributed by atoms with Crippen LogP contribution in [0.4, 0.5) is 0 Å². The quantitative estimate of drug-likeness (QED) is 0.849. The SMILES string of the molecule is O=C(O)CC=Cc1ccc2nccnc2c1. The zero-order chi connectivity index (χ0) is 11.4. The highest BCUT2D eigenvalue weighted by atomic mass is 16.4. The molecule has 0 unspecified atom stereocenters. The Kier molecular flexibility index (Phi) is 2.91. The minimum Gasteiger partial charge on any atom is -0.481 e. The molecule has 0 radical (unpaired) electrons. The van der Waals surface area contributed by atoms with Crippen molar-refractivity contribution in [1.82, 2.24) is 9.97 Å². The van der Waals surface area contributed by atoms with Gasteiger partial charge in [0.25, 0.3) is 0 Å². The lowest BCUT2D eigenvalue weighted by Gasteiger charge is -1.97. The van der Waals surface area contributed by atoms with Gasteiger partial charge in [0, 0.05) is 12.4 Å². The van der Waals surface area contributed by atoms with Gasteiger partial charge in [-0.15, -0.1) is 0 Å². The van der Waals surface area contributed by atoms with Crippen LogP contribution >= 0.6 is 0 Å². The summed E-state index contributed by atoms with van der Waals surface area (Å²) in [6.07, 6.45) is 6.68. The molecule has 0 fully saturated rings. The third-order valence-corrected chi connectivity index (χ3v) is 2.10. The Balaban J connectivity index is 2.26. The first-order valence-corrected chi connectivity index (χ1v) is 4.85. The van der Waals surface area contributed by atoms with E-state index >= 15 is 0 Å². The second-order valence-corrected chi connectivity index (χ2v) is 3.30. The Hall–Kier alpha value is -2.23. The average molecular weight is 214 g/mol. The van der Waals surface area contributed by atoms with Gasteiger partial charge in [-0.25, -0.2) is 0 Å². The van der Waals surface area contributed by atoms with Gasteiger partial charge in [0.15, 0.2) is 0 Å². The summed E-state index contributed by atoms with van der Waals surface area (Å²) < 4.78 is 0. The van der Waals surface area contributed by atoms with E-state index in [1.807, 2.05) is 18.2 Å². The number of aromatic nitrogens is 2. The van der Waals surface area contributed by atoms with Crippen LogP contribution in [-0.2, 0) is 4.79 Å². The predicted molar refractivity (Wildman–Crippen MR) is 60.8 cm³/mol. The van der Waals surface area contributed by atoms with E-state index in [0.717, 1.165) is 16.6 Å². The topological polar surface area (TPSA) is 63.1 Å². The van der Waals surface area contributed by atoms with Crippen molar-refractivity contribution in [2.75, 3.05) is 0 Å². The molecule has 0 aliphatic rings. The summed E-state index contributed by atoms with van der Waals surface area (Å²) >= 11 is 0. The maximum Gasteiger partial charge on any atom is 0.307 e. The average Bonchev–Trinajstić information content (AvgIpc) is 2.28. The summed E-state index contributed by atoms with van der Waals surface area (Å²) in [5.41, 5.74) is 2.56. The fourth-order valence-corrected chi connectivity index (χ4v) is 1.38. The van der Waals surface area contributed by atoms with E-state index in [2.05, 4.69) is 9.97 Å². The molecule has 0 amide bonds. The normalized spacial score (nSPS) is 11.0. The van der Waals surface area contributed by atoms with Gasteiger partial charge in [0.1, 0.15) is 0 Å². The molecule has 0 saturated carbocycles. The van der Waals surface area contributed by atoms with Crippen molar-refractivity contribution in [3.8, 4) is 0 Å². The number of hydrogen-bond donors (Lipinski definition) is 1. The number of fused-ring (bicyclic) bond motifs is 1. The highest BCUT2D eigenvalue weighted by Crippen LogP contribution is 2.12. The van der Waals surface area contributed by atoms with E-state index in [-0.39, 0.29) is 6.42 Å². The van der Waals surface area contributed by atoms with Crippen molar-refractivity contribution in [2.24, 2.45) is 0 Å². The molecule has 2 rings (SSSR count). The maximum atomic E-state index is 10.3. The minimum atomic E-state index is -0.836. The third-order valence-electron chi connectivity index (χ3n) is 2.10. The number of carboxylic acids is 1. The van der Waals surface area contributed by atoms with E-state index < -0.39 is 5.97 Å². The predicted octanol–water partition coefficient (Wildman–Crippen LogP) is 2.12. The van der Waals surface area contributed by atoms with Gasteiger partial charge in [0.05, 0.1) is 17.5 Å². The Morgan fingerprint density at radius 1 is 1.25 bits per heavy atom. The molecular formula is C12H10N2O2. The molecule has 4 heteroatoms. The zero-order valence-electron chi connectivity index (χ0n) is 8.50. The van der Waals surface area contributed by atoms with Crippen molar-refractivity contribution in [2.45, 2.75) is 6.42 Å². The Labute approximate surface area is 92.3 Å². The van der Waals surface area contributed by atoms with Gasteiger partial charge in [-0.2, -0.15) is 0 Å². The number of hydrogen-bond acceptors (Lipinski definition) is 3. The highest BCUT2D eigenvalue weighted by molar-refractivity contribution is 5.77. The lowest BCUT2D eigenvalue weighted by Crippen LogP contribution is -1.89. The molecule has 80 valence electrons. The lowest BCUT2D eigenvalue weighted by atomic mass is 10.1. The van der Waals surface area contributed by atoms with E-state index in [4.69, 9.17) is 5.11 Å². The van der Waals surface area contributed by atoms with E-state index in [1.165, 1.54) is 0 Å². The summed E-state index contributed by atoms with van der Waals surface area (Å²) in [6, 6.07) is 5.62. The lowest BCUT2D eigenvalue weighted by molar-refractivity contribution is -0.135. The maximum absolute atomic E-state index is 10.3. The number of carbonyl (C=O) groups is 1. The smallest absolute Gasteiger partial charge is 0.307 e. The van der Waals surface area contributed by atoms with Crippen molar-refractivity contribution < 1.29 is 9.90 Å². The van der Waals surface area contributed by atoms with Crippen LogP contribution in [0.2, 0.25) is 0 Å². The second-order valence-electron chi connectivity index (χ2n) is 3.30. The van der Waals surface area contributed by atoms with Crippen LogP contribution in [-0.4, -0.2) is 21.0 Å². The van der Waals surface area contributed by atoms with Crippen LogP contribution in [0.5, 0.6) is 0 Å². The number of nitrogens with zero attached hydrogens (tertiary/aromatic N) is 2. The summed E-state index contributed by atoms with van der Waals surface area (Å²) in [5.74, 6) is -0.836. The van der Waals surface area contributed by atoms with Crippen molar-refractivity contribution >= 4 is 23.1 Å². The molecule has 1 aromatic heterocycles. The molecule has 0 aliphatic carbocycles. The molecule has 0 aliphatic heterocycles. The number of carboxylic acid groups (broad SMARTS) is 1. The number of aliphatic carboxylic acids is 1. The van der Waals surface area contributed by atoms with Gasteiger partial charge in [-0.3, -0.25) is 14.8 Å². The fourth-order valence-electron chi connectivity index (χ4n) is 1.38. The van der Waals surface area contributed by atoms with Gasteiger partial charge < -0.3 is 5.11 Å². The first-order chi connectivity index (χ1) is 7.75. The number of rotatable bonds is 3. The van der Waals surface area contributed by atoms with Gasteiger partial charge in [-0.1, -0.05) is 18.2 Å². The van der Waals surface area contributed by atoms with Crippen molar-refractivity contribution in [1.29, 1.82) is 0 Å². The van der Waals surface area contributed by atoms with Crippen LogP contribution in [0.15, 0.2) is 36.7 Å². The minimum absolute atomic E-state index is 0.0263. The third kappa shape index (κ3) is 2.42. The van der Waals surface area contributed by atoms with Crippen LogP contribution < -0.4 is 0 Å². The van der Waals surface area contributed by atoms with E-state index in [1.54, 1.807) is 24.5 Å². The first-order valence-electron chi connectivity index (χ1n) is 4.85. The van der Waals surface area contributed by atoms with E-state index in [0.29, 0.717) is 0 Å². The van der Waals surface area contributed by atoms with Crippen molar-refractivity contribution in [3.05, 3.63) is 42.2 Å². The van der Waals surface area contributed by atoms with Gasteiger partial charge in [-0.05, 0) is 17.7 Å². The van der Waals surface area contributed by atoms with Gasteiger partial charge in [0.2, 0.25) is 0 Å². The van der Waals surface area contributed by atoms with Crippen LogP contribution in [0.3, 0.4) is 0 Å². The summed E-state index contributed by atoms with van der Waals surface area (Å²) in [5, 5.41) is 8.49. The molecule has 1 N–H and O–H groups in total. The Morgan fingerprint density at radius 2 is 2.00 bits per heavy atom. The molecule has 0 atom stereocenters. The molecule has 1 heterocycles. The molecule has 0 bridgehead atoms. The molecule has 0 saturated heterocycles. The summed E-state index contributed by atoms with van der Waals surface area (Å²) in [6.45, 7) is 0. The summed E-state index contributed by atoms with van der Waals surface area (Å²) in [4.78, 5) is 18.7. The van der Waals surface area contributed by atoms with Gasteiger partial charge >= 0.3 is 5.97 Å². The van der Waals surface area contributed by atoms with Crippen LogP contribution in [0, 0.1) is 0 Å². The molecule has 0 spiro atoms. The number of benzene rings is 1. The van der Waals surface area contributed by atoms with Crippen LogP contribution in [0.1, 0.15) is 12.0 Å². The standard InChI is InChI=1S/C12H10N2O2/c15-12(16)3-1-2-9-4-5-10-11(8-9)14-7-6-13-10/h1-2,4-8H,3H2,(H,15,16). The first kappa shape index (κ1) is 10.3. The second kappa shape index (κ2) is 4.53. The molecule has 16 heavy (non-hydrogen) atoms.